The number of nitrogens with two attached hydrogens (primary N) is 1. The molecule has 0 atom stereocenters. The molecule has 1 aromatic carbocycles. The lowest BCUT2D eigenvalue weighted by atomic mass is 10.0. The van der Waals surface area contributed by atoms with Crippen molar-refractivity contribution in [3.63, 3.8) is 0 Å². The minimum Gasteiger partial charge on any atom is -0.375 e. The fourth-order valence-corrected chi connectivity index (χ4v) is 5.55. The summed E-state index contributed by atoms with van der Waals surface area (Å²) < 4.78 is 0. The lowest BCUT2D eigenvalue weighted by Gasteiger charge is -2.07. The van der Waals surface area contributed by atoms with Crippen molar-refractivity contribution in [3.05, 3.63) is 56.6 Å². The first-order valence-corrected chi connectivity index (χ1v) is 16.5. The van der Waals surface area contributed by atoms with Crippen molar-refractivity contribution < 1.29 is 9.72 Å². The Morgan fingerprint density at radius 2 is 1.60 bits per heavy atom. The number of aromatic nitrogens is 1. The summed E-state index contributed by atoms with van der Waals surface area (Å²) in [5.74, 6) is -0.118. The molecule has 5 N–H and O–H groups in total. The van der Waals surface area contributed by atoms with E-state index in [4.69, 9.17) is 30.2 Å². The number of benzene rings is 1. The Morgan fingerprint density at radius 1 is 1.02 bits per heavy atom. The lowest BCUT2D eigenvalue weighted by molar-refractivity contribution is -0.384. The molecular formula is C30H43N7O3S3. The largest absolute Gasteiger partial charge is 0.375 e. The van der Waals surface area contributed by atoms with Gasteiger partial charge in [-0.3, -0.25) is 20.3 Å². The van der Waals surface area contributed by atoms with E-state index in [0.717, 1.165) is 29.7 Å². The maximum absolute atomic E-state index is 12.4. The topological polar surface area (TPSA) is 148 Å². The van der Waals surface area contributed by atoms with E-state index in [1.165, 1.54) is 81.3 Å². The Balaban J connectivity index is 1.81. The molecule has 0 bridgehead atoms. The van der Waals surface area contributed by atoms with Crippen LogP contribution in [0.15, 0.2) is 35.4 Å². The lowest BCUT2D eigenvalue weighted by Crippen LogP contribution is -2.33. The SMILES string of the molecule is CCCCCCCCCCCCCCC(=O)NC(=S)Nc1nc(C)c(C(C=Cc2ccc([N+](=O)[O-])cc2)=NNC(N)=S)s1. The number of nitro groups is 1. The molecule has 2 aromatic rings. The summed E-state index contributed by atoms with van der Waals surface area (Å²) in [6.45, 7) is 4.07. The highest BCUT2D eigenvalue weighted by Gasteiger charge is 2.14. The first-order valence-electron chi connectivity index (χ1n) is 14.8. The number of hydrazone groups is 1. The van der Waals surface area contributed by atoms with E-state index in [1.54, 1.807) is 24.3 Å². The van der Waals surface area contributed by atoms with E-state index < -0.39 is 4.92 Å². The minimum absolute atomic E-state index is 0.00110. The fourth-order valence-electron chi connectivity index (χ4n) is 4.29. The number of carbonyl (C=O) groups excluding carboxylic acids is 1. The third kappa shape index (κ3) is 15.1. The Kier molecular flexibility index (Phi) is 17.2. The van der Waals surface area contributed by atoms with E-state index in [1.807, 2.05) is 6.92 Å². The molecule has 0 fully saturated rings. The van der Waals surface area contributed by atoms with Gasteiger partial charge in [0.2, 0.25) is 5.91 Å². The summed E-state index contributed by atoms with van der Waals surface area (Å²) in [5, 5.41) is 21.6. The quantitative estimate of drug-likeness (QED) is 0.0400. The zero-order valence-corrected chi connectivity index (χ0v) is 27.5. The van der Waals surface area contributed by atoms with Gasteiger partial charge >= 0.3 is 0 Å². The van der Waals surface area contributed by atoms with Gasteiger partial charge in [0.1, 0.15) is 5.71 Å². The number of carbonyl (C=O) groups is 1. The number of aryl methyl sites for hydroxylation is 1. The van der Waals surface area contributed by atoms with Crippen molar-refractivity contribution in [2.24, 2.45) is 10.8 Å². The Morgan fingerprint density at radius 3 is 2.16 bits per heavy atom. The highest BCUT2D eigenvalue weighted by molar-refractivity contribution is 7.80. The number of nitrogens with zero attached hydrogens (tertiary/aromatic N) is 3. The zero-order chi connectivity index (χ0) is 31.5. The summed E-state index contributed by atoms with van der Waals surface area (Å²) in [7, 11) is 0. The molecule has 0 unspecified atom stereocenters. The number of non-ortho nitro benzene ring substituents is 1. The number of rotatable bonds is 19. The first kappa shape index (κ1) is 35.9. The van der Waals surface area contributed by atoms with E-state index in [0.29, 0.717) is 23.0 Å². The van der Waals surface area contributed by atoms with E-state index >= 15 is 0 Å². The van der Waals surface area contributed by atoms with E-state index in [9.17, 15) is 14.9 Å². The number of thiocarbonyl (C=S) groups is 2. The van der Waals surface area contributed by atoms with Crippen LogP contribution in [0.2, 0.25) is 0 Å². The van der Waals surface area contributed by atoms with Crippen molar-refractivity contribution in [1.82, 2.24) is 15.7 Å². The molecule has 0 aliphatic carbocycles. The smallest absolute Gasteiger partial charge is 0.269 e. The summed E-state index contributed by atoms with van der Waals surface area (Å²) in [6.07, 6.45) is 18.8. The molecule has 234 valence electrons. The second kappa shape index (κ2) is 20.6. The average Bonchev–Trinajstić information content (AvgIpc) is 3.32. The van der Waals surface area contributed by atoms with Crippen LogP contribution < -0.4 is 21.8 Å². The van der Waals surface area contributed by atoms with Crippen LogP contribution >= 0.6 is 35.8 Å². The Labute approximate surface area is 269 Å². The molecule has 0 saturated carbocycles. The van der Waals surface area contributed by atoms with Crippen molar-refractivity contribution >= 4 is 74.5 Å². The number of hydrogen-bond donors (Lipinski definition) is 4. The second-order valence-electron chi connectivity index (χ2n) is 10.2. The van der Waals surface area contributed by atoms with Crippen LogP contribution in [-0.4, -0.2) is 31.8 Å². The number of nitro benzene ring substituents is 1. The molecule has 1 amide bonds. The number of allylic oxidation sites excluding steroid dienone is 1. The van der Waals surface area contributed by atoms with Crippen molar-refractivity contribution in [2.75, 3.05) is 5.32 Å². The van der Waals surface area contributed by atoms with Crippen LogP contribution in [0.5, 0.6) is 0 Å². The van der Waals surface area contributed by atoms with Crippen LogP contribution in [0.1, 0.15) is 107 Å². The molecule has 10 nitrogen and oxygen atoms in total. The summed E-state index contributed by atoms with van der Waals surface area (Å²) in [5.41, 5.74) is 10.1. The average molecular weight is 646 g/mol. The number of unbranched alkanes of at least 4 members (excludes halogenated alkanes) is 11. The van der Waals surface area contributed by atoms with Crippen LogP contribution in [0.3, 0.4) is 0 Å². The molecule has 2 rings (SSSR count). The highest BCUT2D eigenvalue weighted by atomic mass is 32.1. The van der Waals surface area contributed by atoms with Crippen LogP contribution in [-0.2, 0) is 4.79 Å². The third-order valence-electron chi connectivity index (χ3n) is 6.58. The van der Waals surface area contributed by atoms with Crippen LogP contribution in [0.4, 0.5) is 10.8 Å². The molecular weight excluding hydrogens is 603 g/mol. The molecule has 13 heteroatoms. The normalized spacial score (nSPS) is 11.4. The number of amides is 1. The number of anilines is 1. The summed E-state index contributed by atoms with van der Waals surface area (Å²) >= 11 is 11.5. The first-order chi connectivity index (χ1) is 20.7. The van der Waals surface area contributed by atoms with Gasteiger partial charge in [-0.15, -0.1) is 0 Å². The van der Waals surface area contributed by atoms with E-state index in [-0.39, 0.29) is 21.8 Å². The zero-order valence-electron chi connectivity index (χ0n) is 25.0. The second-order valence-corrected chi connectivity index (χ2v) is 12.1. The third-order valence-corrected chi connectivity index (χ3v) is 7.97. The summed E-state index contributed by atoms with van der Waals surface area (Å²) in [6, 6.07) is 6.13. The van der Waals surface area contributed by atoms with Crippen molar-refractivity contribution in [3.8, 4) is 0 Å². The fraction of sp³-hybridized carbons (Fsp3) is 0.500. The molecule has 0 radical (unpaired) electrons. The summed E-state index contributed by atoms with van der Waals surface area (Å²) in [4.78, 5) is 28.1. The van der Waals surface area contributed by atoms with Gasteiger partial charge in [0.05, 0.1) is 15.5 Å². The van der Waals surface area contributed by atoms with Gasteiger partial charge in [-0.2, -0.15) is 5.10 Å². The van der Waals surface area contributed by atoms with Gasteiger partial charge in [-0.05, 0) is 61.6 Å². The minimum atomic E-state index is -0.450. The Hall–Kier alpha value is -3.29. The monoisotopic (exact) mass is 645 g/mol. The highest BCUT2D eigenvalue weighted by Crippen LogP contribution is 2.24. The maximum Gasteiger partial charge on any atom is 0.269 e. The molecule has 43 heavy (non-hydrogen) atoms. The number of nitrogens with one attached hydrogen (secondary N) is 3. The Bertz CT molecular complexity index is 1260. The predicted octanol–water partition coefficient (Wildman–Crippen LogP) is 7.51. The molecule has 1 aromatic heterocycles. The molecule has 0 aliphatic heterocycles. The van der Waals surface area contributed by atoms with Gasteiger partial charge in [-0.25, -0.2) is 4.98 Å². The van der Waals surface area contributed by atoms with Gasteiger partial charge in [-0.1, -0.05) is 95.0 Å². The predicted molar refractivity (Wildman–Crippen MR) is 185 cm³/mol. The number of hydrogen-bond acceptors (Lipinski definition) is 8. The standard InChI is InChI=1S/C30H43N7O3S3/c1-3-4-5-6-7-8-9-10-11-12-13-14-15-26(38)33-29(42)34-30-32-22(2)27(43-30)25(35-36-28(31)41)21-18-23-16-19-24(20-17-23)37(39)40/h16-21H,3-15H2,1-2H3,(H3,31,36,41)(H2,32,33,34,38,42). The number of thiazole rings is 1. The van der Waals surface area contributed by atoms with Crippen molar-refractivity contribution in [2.45, 2.75) is 97.3 Å². The molecule has 0 spiro atoms. The van der Waals surface area contributed by atoms with Gasteiger partial charge < -0.3 is 16.4 Å². The maximum atomic E-state index is 12.4. The van der Waals surface area contributed by atoms with Crippen LogP contribution in [0, 0.1) is 17.0 Å². The van der Waals surface area contributed by atoms with E-state index in [2.05, 4.69) is 33.1 Å². The van der Waals surface area contributed by atoms with Crippen molar-refractivity contribution in [1.29, 1.82) is 0 Å². The van der Waals surface area contributed by atoms with Gasteiger partial charge in [0, 0.05) is 18.6 Å². The van der Waals surface area contributed by atoms with Gasteiger partial charge in [0.15, 0.2) is 15.4 Å². The van der Waals surface area contributed by atoms with Crippen LogP contribution in [0.25, 0.3) is 6.08 Å². The molecule has 0 aliphatic rings. The molecule has 0 saturated heterocycles. The van der Waals surface area contributed by atoms with Gasteiger partial charge in [0.25, 0.3) is 5.69 Å². The molecule has 1 heterocycles.